The van der Waals surface area contributed by atoms with Gasteiger partial charge in [-0.3, -0.25) is 9.88 Å². The largest absolute Gasteiger partial charge is 0.363 e. The molecule has 0 aliphatic carbocycles. The van der Waals surface area contributed by atoms with Crippen LogP contribution in [-0.2, 0) is 6.54 Å². The number of thiazole rings is 1. The van der Waals surface area contributed by atoms with Gasteiger partial charge in [-0.15, -0.1) is 11.3 Å². The molecule has 1 aliphatic heterocycles. The van der Waals surface area contributed by atoms with Crippen LogP contribution in [0, 0.1) is 6.92 Å². The third-order valence-corrected chi connectivity index (χ3v) is 4.61. The highest BCUT2D eigenvalue weighted by Gasteiger charge is 2.28. The van der Waals surface area contributed by atoms with Gasteiger partial charge in [0, 0.05) is 37.8 Å². The Hall–Kier alpha value is -1.53. The normalized spacial score (nSPS) is 19.1. The molecule has 3 heterocycles. The number of hydrogen-bond donors (Lipinski definition) is 0. The molecular weight excluding hydrogens is 282 g/mol. The summed E-state index contributed by atoms with van der Waals surface area (Å²) in [6.07, 6.45) is 4.36. The monoisotopic (exact) mass is 303 g/mol. The van der Waals surface area contributed by atoms with E-state index in [-0.39, 0.29) is 0 Å². The lowest BCUT2D eigenvalue weighted by Gasteiger charge is -2.24. The van der Waals surface area contributed by atoms with Gasteiger partial charge >= 0.3 is 0 Å². The summed E-state index contributed by atoms with van der Waals surface area (Å²) in [7, 11) is 4.05. The topological polar surface area (TPSA) is 45.2 Å². The molecule has 1 aliphatic rings. The van der Waals surface area contributed by atoms with Gasteiger partial charge in [-0.25, -0.2) is 9.97 Å². The maximum Gasteiger partial charge on any atom is 0.132 e. The SMILES string of the molecule is Cc1nc([C@H]2CCCN2Cc2cncs2)cc(N(C)C)n1. The van der Waals surface area contributed by atoms with Crippen molar-refractivity contribution >= 4 is 17.2 Å². The van der Waals surface area contributed by atoms with Crippen LogP contribution in [0.25, 0.3) is 0 Å². The Morgan fingerprint density at radius 2 is 2.24 bits per heavy atom. The van der Waals surface area contributed by atoms with Gasteiger partial charge in [0.15, 0.2) is 0 Å². The molecule has 0 saturated carbocycles. The van der Waals surface area contributed by atoms with E-state index >= 15 is 0 Å². The number of likely N-dealkylation sites (tertiary alicyclic amines) is 1. The fourth-order valence-electron chi connectivity index (χ4n) is 2.84. The summed E-state index contributed by atoms with van der Waals surface area (Å²) < 4.78 is 0. The second-order valence-electron chi connectivity index (χ2n) is 5.69. The molecular formula is C15H21N5S. The molecule has 0 N–H and O–H groups in total. The summed E-state index contributed by atoms with van der Waals surface area (Å²) >= 11 is 1.72. The van der Waals surface area contributed by atoms with Crippen molar-refractivity contribution < 1.29 is 0 Å². The summed E-state index contributed by atoms with van der Waals surface area (Å²) in [6.45, 7) is 4.07. The van der Waals surface area contributed by atoms with Crippen molar-refractivity contribution in [1.29, 1.82) is 0 Å². The van der Waals surface area contributed by atoms with Crippen molar-refractivity contribution in [3.8, 4) is 0 Å². The lowest BCUT2D eigenvalue weighted by molar-refractivity contribution is 0.246. The highest BCUT2D eigenvalue weighted by molar-refractivity contribution is 7.09. The Morgan fingerprint density at radius 1 is 1.38 bits per heavy atom. The van der Waals surface area contributed by atoms with Crippen LogP contribution in [0.2, 0.25) is 0 Å². The van der Waals surface area contributed by atoms with E-state index in [1.165, 1.54) is 17.7 Å². The molecule has 1 saturated heterocycles. The molecule has 6 heteroatoms. The molecule has 1 fully saturated rings. The minimum Gasteiger partial charge on any atom is -0.363 e. The molecule has 0 unspecified atom stereocenters. The van der Waals surface area contributed by atoms with Gasteiger partial charge in [-0.2, -0.15) is 0 Å². The second kappa shape index (κ2) is 6.07. The van der Waals surface area contributed by atoms with Gasteiger partial charge in [0.05, 0.1) is 17.2 Å². The third kappa shape index (κ3) is 3.22. The average Bonchev–Trinajstić information content (AvgIpc) is 3.10. The van der Waals surface area contributed by atoms with Crippen LogP contribution in [0.1, 0.15) is 35.3 Å². The molecule has 1 atom stereocenters. The maximum atomic E-state index is 4.69. The van der Waals surface area contributed by atoms with Crippen LogP contribution >= 0.6 is 11.3 Å². The standard InChI is InChI=1S/C15H21N5S/c1-11-17-13(7-15(18-11)19(2)3)14-5-4-6-20(14)9-12-8-16-10-21-12/h7-8,10,14H,4-6,9H2,1-3H3/t14-/m1/s1. The highest BCUT2D eigenvalue weighted by atomic mass is 32.1. The van der Waals surface area contributed by atoms with Crippen molar-refractivity contribution in [3.05, 3.63) is 34.2 Å². The van der Waals surface area contributed by atoms with Gasteiger partial charge in [-0.05, 0) is 26.3 Å². The van der Waals surface area contributed by atoms with Crippen molar-refractivity contribution in [2.45, 2.75) is 32.4 Å². The fraction of sp³-hybridized carbons (Fsp3) is 0.533. The van der Waals surface area contributed by atoms with Gasteiger partial charge in [-0.1, -0.05) is 0 Å². The van der Waals surface area contributed by atoms with Crippen molar-refractivity contribution in [3.63, 3.8) is 0 Å². The zero-order chi connectivity index (χ0) is 14.8. The smallest absolute Gasteiger partial charge is 0.132 e. The van der Waals surface area contributed by atoms with E-state index in [1.54, 1.807) is 11.3 Å². The fourth-order valence-corrected chi connectivity index (χ4v) is 3.46. The number of aryl methyl sites for hydroxylation is 1. The van der Waals surface area contributed by atoms with E-state index in [0.717, 1.165) is 30.4 Å². The molecule has 3 rings (SSSR count). The van der Waals surface area contributed by atoms with Crippen LogP contribution in [-0.4, -0.2) is 40.5 Å². The summed E-state index contributed by atoms with van der Waals surface area (Å²) in [5, 5.41) is 0. The Bertz CT molecular complexity index is 596. The summed E-state index contributed by atoms with van der Waals surface area (Å²) in [4.78, 5) is 19.2. The van der Waals surface area contributed by atoms with E-state index in [0.29, 0.717) is 6.04 Å². The van der Waals surface area contributed by atoms with E-state index in [4.69, 9.17) is 0 Å². The number of hydrogen-bond acceptors (Lipinski definition) is 6. The molecule has 21 heavy (non-hydrogen) atoms. The highest BCUT2D eigenvalue weighted by Crippen LogP contribution is 2.33. The molecule has 0 amide bonds. The second-order valence-corrected chi connectivity index (χ2v) is 6.66. The molecule has 112 valence electrons. The predicted molar refractivity (Wildman–Crippen MR) is 85.6 cm³/mol. The van der Waals surface area contributed by atoms with Crippen LogP contribution < -0.4 is 4.90 Å². The zero-order valence-electron chi connectivity index (χ0n) is 12.8. The third-order valence-electron chi connectivity index (χ3n) is 3.85. The van der Waals surface area contributed by atoms with Gasteiger partial charge in [0.25, 0.3) is 0 Å². The van der Waals surface area contributed by atoms with E-state index in [2.05, 4.69) is 25.9 Å². The molecule has 0 bridgehead atoms. The van der Waals surface area contributed by atoms with Gasteiger partial charge < -0.3 is 4.90 Å². The molecule has 0 spiro atoms. The molecule has 0 radical (unpaired) electrons. The molecule has 2 aromatic rings. The maximum absolute atomic E-state index is 4.69. The predicted octanol–water partition coefficient (Wildman–Crippen LogP) is 2.64. The quantitative estimate of drug-likeness (QED) is 0.869. The van der Waals surface area contributed by atoms with Crippen molar-refractivity contribution in [2.75, 3.05) is 25.5 Å². The first-order chi connectivity index (χ1) is 10.1. The molecule has 2 aromatic heterocycles. The van der Waals surface area contributed by atoms with Crippen LogP contribution in [0.3, 0.4) is 0 Å². The first-order valence-corrected chi connectivity index (χ1v) is 8.16. The summed E-state index contributed by atoms with van der Waals surface area (Å²) in [5.41, 5.74) is 3.05. The number of anilines is 1. The zero-order valence-corrected chi connectivity index (χ0v) is 13.6. The van der Waals surface area contributed by atoms with Crippen LogP contribution in [0.5, 0.6) is 0 Å². The Morgan fingerprint density at radius 3 is 2.95 bits per heavy atom. The Kier molecular flexibility index (Phi) is 4.17. The van der Waals surface area contributed by atoms with Gasteiger partial charge in [0.1, 0.15) is 11.6 Å². The minimum absolute atomic E-state index is 0.396. The first kappa shape index (κ1) is 14.4. The molecule has 5 nitrogen and oxygen atoms in total. The van der Waals surface area contributed by atoms with E-state index in [1.807, 2.05) is 37.6 Å². The summed E-state index contributed by atoms with van der Waals surface area (Å²) in [5.74, 6) is 1.84. The number of nitrogens with zero attached hydrogens (tertiary/aromatic N) is 5. The van der Waals surface area contributed by atoms with E-state index < -0.39 is 0 Å². The van der Waals surface area contributed by atoms with Crippen LogP contribution in [0.15, 0.2) is 17.8 Å². The molecule has 0 aromatic carbocycles. The number of rotatable bonds is 4. The first-order valence-electron chi connectivity index (χ1n) is 7.28. The van der Waals surface area contributed by atoms with Crippen molar-refractivity contribution in [1.82, 2.24) is 19.9 Å². The lowest BCUT2D eigenvalue weighted by atomic mass is 10.1. The average molecular weight is 303 g/mol. The van der Waals surface area contributed by atoms with Crippen molar-refractivity contribution in [2.24, 2.45) is 0 Å². The summed E-state index contributed by atoms with van der Waals surface area (Å²) in [6, 6.07) is 2.52. The van der Waals surface area contributed by atoms with Crippen LogP contribution in [0.4, 0.5) is 5.82 Å². The van der Waals surface area contributed by atoms with Gasteiger partial charge in [0.2, 0.25) is 0 Å². The Labute approximate surface area is 129 Å². The lowest BCUT2D eigenvalue weighted by Crippen LogP contribution is -2.24. The Balaban J connectivity index is 1.84. The minimum atomic E-state index is 0.396. The van der Waals surface area contributed by atoms with E-state index in [9.17, 15) is 0 Å². The number of aromatic nitrogens is 3.